The molecule has 0 aliphatic rings. The molecule has 0 saturated heterocycles. The molecule has 0 fully saturated rings. The van der Waals surface area contributed by atoms with E-state index >= 15 is 0 Å². The van der Waals surface area contributed by atoms with Crippen LogP contribution >= 0.6 is 11.3 Å². The molecule has 0 aromatic carbocycles. The Kier molecular flexibility index (Phi) is 6.12. The molecule has 102 valence electrons. The Hall–Kier alpha value is -1.10. The van der Waals surface area contributed by atoms with Crippen LogP contribution < -0.4 is 10.6 Å². The van der Waals surface area contributed by atoms with Crippen molar-refractivity contribution in [1.29, 1.82) is 0 Å². The number of carbonyl (C=O) groups is 1. The molecule has 1 atom stereocenters. The van der Waals surface area contributed by atoms with E-state index in [0.717, 1.165) is 37.2 Å². The van der Waals surface area contributed by atoms with Gasteiger partial charge in [0.15, 0.2) is 0 Å². The zero-order valence-corrected chi connectivity index (χ0v) is 12.3. The zero-order valence-electron chi connectivity index (χ0n) is 11.5. The molecular formula is C13H23N3OS. The topological polar surface area (TPSA) is 54.0 Å². The Morgan fingerprint density at radius 3 is 2.78 bits per heavy atom. The van der Waals surface area contributed by atoms with Crippen LogP contribution in [-0.2, 0) is 5.54 Å². The van der Waals surface area contributed by atoms with Gasteiger partial charge in [-0.3, -0.25) is 0 Å². The maximum Gasteiger partial charge on any atom is 0.315 e. The molecule has 1 aromatic heterocycles. The van der Waals surface area contributed by atoms with Gasteiger partial charge in [-0.2, -0.15) is 0 Å². The number of unbranched alkanes of at least 4 members (excludes halogenated alkanes) is 2. The first-order valence-corrected chi connectivity index (χ1v) is 7.46. The lowest BCUT2D eigenvalue weighted by Gasteiger charge is -2.27. The summed E-state index contributed by atoms with van der Waals surface area (Å²) in [6.07, 6.45) is 5.94. The minimum atomic E-state index is -0.372. The van der Waals surface area contributed by atoms with Crippen LogP contribution in [0.25, 0.3) is 0 Å². The van der Waals surface area contributed by atoms with E-state index in [-0.39, 0.29) is 11.6 Å². The molecule has 0 spiro atoms. The first-order valence-electron chi connectivity index (χ1n) is 6.58. The summed E-state index contributed by atoms with van der Waals surface area (Å²) in [5.74, 6) is 0. The third kappa shape index (κ3) is 4.29. The molecule has 0 saturated carbocycles. The fourth-order valence-corrected chi connectivity index (χ4v) is 2.49. The van der Waals surface area contributed by atoms with Crippen molar-refractivity contribution < 1.29 is 4.79 Å². The number of urea groups is 1. The Morgan fingerprint density at radius 2 is 2.22 bits per heavy atom. The molecule has 1 heterocycles. The third-order valence-electron chi connectivity index (χ3n) is 3.07. The van der Waals surface area contributed by atoms with E-state index < -0.39 is 0 Å². The van der Waals surface area contributed by atoms with Gasteiger partial charge in [0.1, 0.15) is 5.01 Å². The average Bonchev–Trinajstić information content (AvgIpc) is 2.89. The number of aromatic nitrogens is 1. The van der Waals surface area contributed by atoms with Crippen LogP contribution in [0.15, 0.2) is 11.6 Å². The summed E-state index contributed by atoms with van der Waals surface area (Å²) in [5, 5.41) is 8.80. The molecule has 4 nitrogen and oxygen atoms in total. The lowest BCUT2D eigenvalue weighted by Crippen LogP contribution is -2.48. The maximum absolute atomic E-state index is 11.8. The Bertz CT molecular complexity index is 353. The van der Waals surface area contributed by atoms with Crippen molar-refractivity contribution in [3.05, 3.63) is 16.6 Å². The minimum absolute atomic E-state index is 0.106. The van der Waals surface area contributed by atoms with Crippen molar-refractivity contribution in [3.63, 3.8) is 0 Å². The SMILES string of the molecule is CCCCCNC(=O)N[C@](C)(CC)c1nccs1. The van der Waals surface area contributed by atoms with Crippen molar-refractivity contribution in [2.75, 3.05) is 6.54 Å². The van der Waals surface area contributed by atoms with Gasteiger partial charge in [0.25, 0.3) is 0 Å². The monoisotopic (exact) mass is 269 g/mol. The number of amides is 2. The van der Waals surface area contributed by atoms with Crippen LogP contribution in [0.1, 0.15) is 51.5 Å². The second-order valence-electron chi connectivity index (χ2n) is 4.61. The third-order valence-corrected chi connectivity index (χ3v) is 4.10. The quantitative estimate of drug-likeness (QED) is 0.746. The summed E-state index contributed by atoms with van der Waals surface area (Å²) in [6.45, 7) is 6.95. The highest BCUT2D eigenvalue weighted by atomic mass is 32.1. The maximum atomic E-state index is 11.8. The van der Waals surface area contributed by atoms with E-state index in [9.17, 15) is 4.79 Å². The van der Waals surface area contributed by atoms with E-state index in [1.54, 1.807) is 17.5 Å². The first-order chi connectivity index (χ1) is 8.62. The summed E-state index contributed by atoms with van der Waals surface area (Å²) < 4.78 is 0. The molecule has 0 aliphatic heterocycles. The van der Waals surface area contributed by atoms with Gasteiger partial charge in [-0.25, -0.2) is 9.78 Å². The fraction of sp³-hybridized carbons (Fsp3) is 0.692. The Morgan fingerprint density at radius 1 is 1.44 bits per heavy atom. The van der Waals surface area contributed by atoms with Gasteiger partial charge in [-0.05, 0) is 19.8 Å². The molecule has 2 amide bonds. The normalized spacial score (nSPS) is 13.9. The zero-order chi connectivity index (χ0) is 13.4. The second kappa shape index (κ2) is 7.36. The summed E-state index contributed by atoms with van der Waals surface area (Å²) in [5.41, 5.74) is -0.372. The molecule has 5 heteroatoms. The van der Waals surface area contributed by atoms with E-state index in [1.165, 1.54) is 0 Å². The number of nitrogens with one attached hydrogen (secondary N) is 2. The number of rotatable bonds is 7. The van der Waals surface area contributed by atoms with Crippen LogP contribution in [0.5, 0.6) is 0 Å². The molecule has 0 bridgehead atoms. The van der Waals surface area contributed by atoms with Gasteiger partial charge in [-0.1, -0.05) is 26.7 Å². The highest BCUT2D eigenvalue weighted by molar-refractivity contribution is 7.09. The summed E-state index contributed by atoms with van der Waals surface area (Å²) in [6, 6.07) is -0.106. The molecule has 1 aromatic rings. The largest absolute Gasteiger partial charge is 0.338 e. The molecule has 0 unspecified atom stereocenters. The molecule has 0 aliphatic carbocycles. The fourth-order valence-electron chi connectivity index (χ4n) is 1.66. The summed E-state index contributed by atoms with van der Waals surface area (Å²) in [4.78, 5) is 16.1. The molecule has 18 heavy (non-hydrogen) atoms. The van der Waals surface area contributed by atoms with Crippen molar-refractivity contribution in [3.8, 4) is 0 Å². The molecule has 2 N–H and O–H groups in total. The first kappa shape index (κ1) is 15.0. The van der Waals surface area contributed by atoms with Gasteiger partial charge in [0.05, 0.1) is 5.54 Å². The number of nitrogens with zero attached hydrogens (tertiary/aromatic N) is 1. The highest BCUT2D eigenvalue weighted by Gasteiger charge is 2.28. The van der Waals surface area contributed by atoms with Crippen molar-refractivity contribution in [2.24, 2.45) is 0 Å². The van der Waals surface area contributed by atoms with Gasteiger partial charge in [0, 0.05) is 18.1 Å². The average molecular weight is 269 g/mol. The summed E-state index contributed by atoms with van der Waals surface area (Å²) in [7, 11) is 0. The van der Waals surface area contributed by atoms with E-state index in [0.29, 0.717) is 0 Å². The van der Waals surface area contributed by atoms with Crippen molar-refractivity contribution in [2.45, 2.75) is 52.0 Å². The van der Waals surface area contributed by atoms with E-state index in [2.05, 4.69) is 29.5 Å². The second-order valence-corrected chi connectivity index (χ2v) is 5.51. The number of carbonyl (C=O) groups excluding carboxylic acids is 1. The van der Waals surface area contributed by atoms with Crippen LogP contribution in [0.3, 0.4) is 0 Å². The lowest BCUT2D eigenvalue weighted by atomic mass is 10.0. The van der Waals surface area contributed by atoms with Crippen LogP contribution in [0.2, 0.25) is 0 Å². The van der Waals surface area contributed by atoms with Crippen molar-refractivity contribution in [1.82, 2.24) is 15.6 Å². The van der Waals surface area contributed by atoms with E-state index in [4.69, 9.17) is 0 Å². The minimum Gasteiger partial charge on any atom is -0.338 e. The lowest BCUT2D eigenvalue weighted by molar-refractivity contribution is 0.225. The van der Waals surface area contributed by atoms with Crippen LogP contribution in [-0.4, -0.2) is 17.6 Å². The van der Waals surface area contributed by atoms with E-state index in [1.807, 2.05) is 12.3 Å². The van der Waals surface area contributed by atoms with Crippen LogP contribution in [0.4, 0.5) is 4.79 Å². The highest BCUT2D eigenvalue weighted by Crippen LogP contribution is 2.25. The molecular weight excluding hydrogens is 246 g/mol. The molecule has 0 radical (unpaired) electrons. The Balaban J connectivity index is 2.45. The predicted molar refractivity (Wildman–Crippen MR) is 75.8 cm³/mol. The predicted octanol–water partition coefficient (Wildman–Crippen LogP) is 3.26. The number of thiazole rings is 1. The van der Waals surface area contributed by atoms with Crippen LogP contribution in [0, 0.1) is 0 Å². The Labute approximate surface area is 113 Å². The van der Waals surface area contributed by atoms with Gasteiger partial charge in [-0.15, -0.1) is 11.3 Å². The van der Waals surface area contributed by atoms with Crippen molar-refractivity contribution >= 4 is 17.4 Å². The smallest absolute Gasteiger partial charge is 0.315 e. The molecule has 1 rings (SSSR count). The van der Waals surface area contributed by atoms with Gasteiger partial charge >= 0.3 is 6.03 Å². The standard InChI is InChI=1S/C13H23N3OS/c1-4-6-7-8-15-12(17)16-13(3,5-2)11-14-9-10-18-11/h9-10H,4-8H2,1-3H3,(H2,15,16,17)/t13-/m1/s1. The number of hydrogen-bond donors (Lipinski definition) is 2. The number of hydrogen-bond acceptors (Lipinski definition) is 3. The summed E-state index contributed by atoms with van der Waals surface area (Å²) >= 11 is 1.57. The van der Waals surface area contributed by atoms with Gasteiger partial charge in [0.2, 0.25) is 0 Å². The van der Waals surface area contributed by atoms with Gasteiger partial charge < -0.3 is 10.6 Å².